The molecule has 2 aliphatic rings. The number of carbonyl (C=O) groups is 2. The van der Waals surface area contributed by atoms with E-state index in [1.807, 2.05) is 24.3 Å². The second kappa shape index (κ2) is 9.58. The molecule has 3 unspecified atom stereocenters. The van der Waals surface area contributed by atoms with Gasteiger partial charge in [-0.3, -0.25) is 9.59 Å². The molecule has 1 aliphatic heterocycles. The van der Waals surface area contributed by atoms with Crippen molar-refractivity contribution in [3.63, 3.8) is 0 Å². The van der Waals surface area contributed by atoms with E-state index in [-0.39, 0.29) is 29.9 Å². The van der Waals surface area contributed by atoms with Crippen molar-refractivity contribution in [3.05, 3.63) is 71.0 Å². The summed E-state index contributed by atoms with van der Waals surface area (Å²) in [6.07, 6.45) is 1.62. The highest BCUT2D eigenvalue weighted by atomic mass is 19.1. The third kappa shape index (κ3) is 4.78. The number of hydrogen-bond donors (Lipinski definition) is 2. The Labute approximate surface area is 181 Å². The van der Waals surface area contributed by atoms with Gasteiger partial charge >= 0.3 is 0 Å². The fourth-order valence-electron chi connectivity index (χ4n) is 4.42. The lowest BCUT2D eigenvalue weighted by atomic mass is 9.97. The zero-order chi connectivity index (χ0) is 21.8. The highest BCUT2D eigenvalue weighted by Crippen LogP contribution is 2.34. The van der Waals surface area contributed by atoms with Crippen LogP contribution < -0.4 is 10.6 Å². The number of amides is 2. The Bertz CT molecular complexity index is 927. The molecule has 7 heteroatoms. The topological polar surface area (TPSA) is 76.7 Å². The molecular formula is C24H27FN2O4. The van der Waals surface area contributed by atoms with E-state index >= 15 is 0 Å². The van der Waals surface area contributed by atoms with Crippen LogP contribution in [0.1, 0.15) is 41.7 Å². The zero-order valence-corrected chi connectivity index (χ0v) is 17.5. The second-order valence-electron chi connectivity index (χ2n) is 8.05. The van der Waals surface area contributed by atoms with Crippen molar-refractivity contribution < 1.29 is 23.5 Å². The van der Waals surface area contributed by atoms with Gasteiger partial charge in [0.1, 0.15) is 18.0 Å². The minimum atomic E-state index is -0.919. The predicted molar refractivity (Wildman–Crippen MR) is 113 cm³/mol. The van der Waals surface area contributed by atoms with Crippen molar-refractivity contribution in [1.82, 2.24) is 10.6 Å². The number of halogens is 1. The average molecular weight is 426 g/mol. The third-order valence-electron chi connectivity index (χ3n) is 6.09. The first-order valence-electron chi connectivity index (χ1n) is 10.6. The summed E-state index contributed by atoms with van der Waals surface area (Å²) < 4.78 is 24.5. The molecule has 1 aliphatic carbocycles. The molecule has 2 aromatic rings. The molecule has 164 valence electrons. The molecule has 6 nitrogen and oxygen atoms in total. The van der Waals surface area contributed by atoms with Gasteiger partial charge in [0.25, 0.3) is 0 Å². The molecule has 0 aromatic heterocycles. The van der Waals surface area contributed by atoms with Crippen LogP contribution >= 0.6 is 0 Å². The first kappa shape index (κ1) is 21.5. The number of hydrogen-bond acceptors (Lipinski definition) is 4. The van der Waals surface area contributed by atoms with Crippen LogP contribution in [0.25, 0.3) is 0 Å². The van der Waals surface area contributed by atoms with Gasteiger partial charge in [-0.25, -0.2) is 4.39 Å². The monoisotopic (exact) mass is 426 g/mol. The maximum Gasteiger partial charge on any atom is 0.247 e. The molecule has 2 aromatic carbocycles. The van der Waals surface area contributed by atoms with Crippen LogP contribution in [-0.4, -0.2) is 38.2 Å². The SMILES string of the molecule is COC1c2ccccc2CC1NC(=O)C(NC(=O)C1CCOCC1)c1ccc(F)cc1. The van der Waals surface area contributed by atoms with Crippen LogP contribution in [0, 0.1) is 11.7 Å². The molecule has 4 rings (SSSR count). The van der Waals surface area contributed by atoms with Gasteiger partial charge in [-0.1, -0.05) is 36.4 Å². The number of benzene rings is 2. The smallest absolute Gasteiger partial charge is 0.247 e. The highest BCUT2D eigenvalue weighted by Gasteiger charge is 2.36. The molecular weight excluding hydrogens is 399 g/mol. The number of ether oxygens (including phenoxy) is 2. The Morgan fingerprint density at radius 1 is 1.10 bits per heavy atom. The lowest BCUT2D eigenvalue weighted by molar-refractivity contribution is -0.133. The van der Waals surface area contributed by atoms with E-state index in [1.54, 1.807) is 7.11 Å². The number of carbonyl (C=O) groups excluding carboxylic acids is 2. The van der Waals surface area contributed by atoms with Gasteiger partial charge in [0, 0.05) is 26.2 Å². The van der Waals surface area contributed by atoms with Crippen LogP contribution in [0.3, 0.4) is 0 Å². The average Bonchev–Trinajstić information content (AvgIpc) is 3.15. The molecule has 3 atom stereocenters. The van der Waals surface area contributed by atoms with Crippen molar-refractivity contribution in [1.29, 1.82) is 0 Å². The maximum atomic E-state index is 13.5. The minimum absolute atomic E-state index is 0.189. The van der Waals surface area contributed by atoms with Gasteiger partial charge in [0.05, 0.1) is 6.04 Å². The predicted octanol–water partition coefficient (Wildman–Crippen LogP) is 2.84. The number of fused-ring (bicyclic) bond motifs is 1. The quantitative estimate of drug-likeness (QED) is 0.745. The van der Waals surface area contributed by atoms with E-state index < -0.39 is 11.9 Å². The summed E-state index contributed by atoms with van der Waals surface area (Å²) in [5.41, 5.74) is 2.72. The Morgan fingerprint density at radius 2 is 1.81 bits per heavy atom. The van der Waals surface area contributed by atoms with Crippen LogP contribution in [0.15, 0.2) is 48.5 Å². The Kier molecular flexibility index (Phi) is 6.63. The lowest BCUT2D eigenvalue weighted by Gasteiger charge is -2.27. The molecule has 0 saturated carbocycles. The molecule has 1 saturated heterocycles. The molecule has 0 bridgehead atoms. The number of methoxy groups -OCH3 is 1. The maximum absolute atomic E-state index is 13.5. The molecule has 0 radical (unpaired) electrons. The van der Waals surface area contributed by atoms with Gasteiger partial charge in [-0.2, -0.15) is 0 Å². The van der Waals surface area contributed by atoms with E-state index in [2.05, 4.69) is 10.6 Å². The highest BCUT2D eigenvalue weighted by molar-refractivity contribution is 5.89. The van der Waals surface area contributed by atoms with Crippen molar-refractivity contribution in [2.45, 2.75) is 37.5 Å². The van der Waals surface area contributed by atoms with Gasteiger partial charge in [-0.15, -0.1) is 0 Å². The lowest BCUT2D eigenvalue weighted by Crippen LogP contribution is -2.47. The summed E-state index contributed by atoms with van der Waals surface area (Å²) in [6.45, 7) is 1.06. The summed E-state index contributed by atoms with van der Waals surface area (Å²) in [4.78, 5) is 26.2. The van der Waals surface area contributed by atoms with E-state index in [0.717, 1.165) is 11.1 Å². The van der Waals surface area contributed by atoms with E-state index in [4.69, 9.17) is 9.47 Å². The molecule has 0 spiro atoms. The molecule has 1 fully saturated rings. The first-order chi connectivity index (χ1) is 15.1. The molecule has 1 heterocycles. The molecule has 2 N–H and O–H groups in total. The fourth-order valence-corrected chi connectivity index (χ4v) is 4.42. The number of rotatable bonds is 6. The van der Waals surface area contributed by atoms with Gasteiger partial charge in [0.2, 0.25) is 11.8 Å². The third-order valence-corrected chi connectivity index (χ3v) is 6.09. The van der Waals surface area contributed by atoms with E-state index in [0.29, 0.717) is 38.0 Å². The summed E-state index contributed by atoms with van der Waals surface area (Å²) in [5.74, 6) is -1.13. The van der Waals surface area contributed by atoms with Crippen molar-refractivity contribution >= 4 is 11.8 Å². The summed E-state index contributed by atoms with van der Waals surface area (Å²) in [5, 5.41) is 5.93. The normalized spacial score (nSPS) is 21.9. The van der Waals surface area contributed by atoms with Gasteiger partial charge in [-0.05, 0) is 48.1 Å². The summed E-state index contributed by atoms with van der Waals surface area (Å²) in [7, 11) is 1.62. The zero-order valence-electron chi connectivity index (χ0n) is 17.5. The van der Waals surface area contributed by atoms with Crippen molar-refractivity contribution in [3.8, 4) is 0 Å². The Morgan fingerprint density at radius 3 is 2.52 bits per heavy atom. The summed E-state index contributed by atoms with van der Waals surface area (Å²) in [6, 6.07) is 12.4. The van der Waals surface area contributed by atoms with Gasteiger partial charge < -0.3 is 20.1 Å². The van der Waals surface area contributed by atoms with Crippen molar-refractivity contribution in [2.24, 2.45) is 5.92 Å². The minimum Gasteiger partial charge on any atom is -0.381 e. The van der Waals surface area contributed by atoms with Crippen LogP contribution in [0.5, 0.6) is 0 Å². The molecule has 2 amide bonds. The second-order valence-corrected chi connectivity index (χ2v) is 8.05. The summed E-state index contributed by atoms with van der Waals surface area (Å²) >= 11 is 0. The van der Waals surface area contributed by atoms with Crippen LogP contribution in [-0.2, 0) is 25.5 Å². The van der Waals surface area contributed by atoms with Gasteiger partial charge in [0.15, 0.2) is 0 Å². The van der Waals surface area contributed by atoms with E-state index in [1.165, 1.54) is 24.3 Å². The van der Waals surface area contributed by atoms with Crippen molar-refractivity contribution in [2.75, 3.05) is 20.3 Å². The molecule has 31 heavy (non-hydrogen) atoms. The first-order valence-corrected chi connectivity index (χ1v) is 10.6. The fraction of sp³-hybridized carbons (Fsp3) is 0.417. The van der Waals surface area contributed by atoms with Crippen LogP contribution in [0.2, 0.25) is 0 Å². The Hall–Kier alpha value is -2.77. The Balaban J connectivity index is 1.52. The number of nitrogens with one attached hydrogen (secondary N) is 2. The van der Waals surface area contributed by atoms with Crippen LogP contribution in [0.4, 0.5) is 4.39 Å². The largest absolute Gasteiger partial charge is 0.381 e. The van der Waals surface area contributed by atoms with E-state index in [9.17, 15) is 14.0 Å². The standard InChI is InChI=1S/C24H27FN2O4/c1-30-22-19-5-3-2-4-17(19)14-20(22)26-24(29)21(15-6-8-18(25)9-7-15)27-23(28)16-10-12-31-13-11-16/h2-9,16,20-22H,10-14H2,1H3,(H,26,29)(H,27,28).